The highest BCUT2D eigenvalue weighted by molar-refractivity contribution is 5.79. The van der Waals surface area contributed by atoms with Crippen LogP contribution in [0.4, 0.5) is 0 Å². The van der Waals surface area contributed by atoms with E-state index in [4.69, 9.17) is 0 Å². The zero-order chi connectivity index (χ0) is 15.8. The molecule has 1 aromatic rings. The highest BCUT2D eigenvalue weighted by Gasteiger charge is 2.35. The van der Waals surface area contributed by atoms with Crippen LogP contribution in [0.1, 0.15) is 63.0 Å². The van der Waals surface area contributed by atoms with Gasteiger partial charge in [-0.1, -0.05) is 12.8 Å². The van der Waals surface area contributed by atoms with E-state index in [9.17, 15) is 9.59 Å². The summed E-state index contributed by atoms with van der Waals surface area (Å²) in [5.74, 6) is 1.08. The van der Waals surface area contributed by atoms with Crippen molar-refractivity contribution >= 4 is 5.91 Å². The molecule has 0 N–H and O–H groups in total. The van der Waals surface area contributed by atoms with Gasteiger partial charge >= 0.3 is 0 Å². The summed E-state index contributed by atoms with van der Waals surface area (Å²) in [4.78, 5) is 26.9. The molecule has 5 nitrogen and oxygen atoms in total. The summed E-state index contributed by atoms with van der Waals surface area (Å²) in [7, 11) is 0. The Bertz CT molecular complexity index is 644. The maximum atomic E-state index is 12.7. The van der Waals surface area contributed by atoms with E-state index in [0.29, 0.717) is 18.4 Å². The Morgan fingerprint density at radius 1 is 1.09 bits per heavy atom. The van der Waals surface area contributed by atoms with Crippen molar-refractivity contribution in [2.45, 2.75) is 69.9 Å². The highest BCUT2D eigenvalue weighted by Crippen LogP contribution is 2.38. The summed E-state index contributed by atoms with van der Waals surface area (Å²) in [6.07, 6.45) is 8.83. The number of carbonyl (C=O) groups is 1. The summed E-state index contributed by atoms with van der Waals surface area (Å²) in [5, 5.41) is 4.56. The Kier molecular flexibility index (Phi) is 3.95. The van der Waals surface area contributed by atoms with Gasteiger partial charge in [-0.3, -0.25) is 9.59 Å². The predicted molar refractivity (Wildman–Crippen MR) is 87.2 cm³/mol. The molecule has 1 aliphatic heterocycles. The van der Waals surface area contributed by atoms with Gasteiger partial charge in [-0.15, -0.1) is 0 Å². The van der Waals surface area contributed by atoms with E-state index in [1.165, 1.54) is 25.7 Å². The zero-order valence-electron chi connectivity index (χ0n) is 13.6. The second-order valence-corrected chi connectivity index (χ2v) is 7.36. The molecular formula is C18H25N3O2. The van der Waals surface area contributed by atoms with Gasteiger partial charge in [0.15, 0.2) is 0 Å². The van der Waals surface area contributed by atoms with Crippen LogP contribution < -0.4 is 5.56 Å². The molecule has 1 unspecified atom stereocenters. The first-order chi connectivity index (χ1) is 11.2. The van der Waals surface area contributed by atoms with Crippen molar-refractivity contribution < 1.29 is 4.79 Å². The SMILES string of the molecule is O=C(C1CCCC1)N1CCCC1Cn1nc(C2CC2)ccc1=O. The van der Waals surface area contributed by atoms with Gasteiger partial charge < -0.3 is 4.90 Å². The van der Waals surface area contributed by atoms with Crippen LogP contribution in [-0.4, -0.2) is 33.2 Å². The molecule has 2 aliphatic carbocycles. The Hall–Kier alpha value is -1.65. The van der Waals surface area contributed by atoms with Gasteiger partial charge in [0.1, 0.15) is 0 Å². The second-order valence-electron chi connectivity index (χ2n) is 7.36. The summed E-state index contributed by atoms with van der Waals surface area (Å²) < 4.78 is 1.60. The monoisotopic (exact) mass is 315 g/mol. The van der Waals surface area contributed by atoms with Crippen molar-refractivity contribution in [2.24, 2.45) is 5.92 Å². The lowest BCUT2D eigenvalue weighted by molar-refractivity contribution is -0.136. The molecule has 23 heavy (non-hydrogen) atoms. The van der Waals surface area contributed by atoms with E-state index < -0.39 is 0 Å². The van der Waals surface area contributed by atoms with Gasteiger partial charge in [-0.25, -0.2) is 4.68 Å². The van der Waals surface area contributed by atoms with E-state index in [-0.39, 0.29) is 17.5 Å². The second kappa shape index (κ2) is 6.10. The standard InChI is InChI=1S/C18H25N3O2/c22-17-10-9-16(13-7-8-13)19-21(17)12-15-6-3-11-20(15)18(23)14-4-1-2-5-14/h9-10,13-15H,1-8,11-12H2. The topological polar surface area (TPSA) is 55.2 Å². The third-order valence-corrected chi connectivity index (χ3v) is 5.63. The first kappa shape index (κ1) is 14.9. The van der Waals surface area contributed by atoms with Crippen molar-refractivity contribution in [3.8, 4) is 0 Å². The predicted octanol–water partition coefficient (Wildman–Crippen LogP) is 2.30. The first-order valence-electron chi connectivity index (χ1n) is 9.11. The summed E-state index contributed by atoms with van der Waals surface area (Å²) in [6, 6.07) is 3.65. The third-order valence-electron chi connectivity index (χ3n) is 5.63. The minimum Gasteiger partial charge on any atom is -0.338 e. The molecule has 1 atom stereocenters. The molecule has 0 spiro atoms. The molecule has 3 fully saturated rings. The van der Waals surface area contributed by atoms with Crippen LogP contribution in [0.15, 0.2) is 16.9 Å². The molecule has 5 heteroatoms. The van der Waals surface area contributed by atoms with E-state index in [1.54, 1.807) is 10.7 Å². The highest BCUT2D eigenvalue weighted by atomic mass is 16.2. The fourth-order valence-corrected chi connectivity index (χ4v) is 4.11. The quantitative estimate of drug-likeness (QED) is 0.856. The smallest absolute Gasteiger partial charge is 0.266 e. The normalized spacial score (nSPS) is 25.2. The van der Waals surface area contributed by atoms with Gasteiger partial charge in [0.25, 0.3) is 5.56 Å². The third kappa shape index (κ3) is 3.06. The van der Waals surface area contributed by atoms with Crippen LogP contribution >= 0.6 is 0 Å². The minimum atomic E-state index is -0.0467. The molecule has 124 valence electrons. The fraction of sp³-hybridized carbons (Fsp3) is 0.722. The number of carbonyl (C=O) groups excluding carboxylic acids is 1. The molecular weight excluding hydrogens is 290 g/mol. The minimum absolute atomic E-state index is 0.0467. The van der Waals surface area contributed by atoms with E-state index in [2.05, 4.69) is 5.10 Å². The van der Waals surface area contributed by atoms with Crippen LogP contribution in [0.3, 0.4) is 0 Å². The molecule has 3 aliphatic rings. The molecule has 2 heterocycles. The molecule has 0 aromatic carbocycles. The Balaban J connectivity index is 1.49. The Morgan fingerprint density at radius 2 is 1.87 bits per heavy atom. The number of rotatable bonds is 4. The zero-order valence-corrected chi connectivity index (χ0v) is 13.6. The van der Waals surface area contributed by atoms with Crippen molar-refractivity contribution in [3.05, 3.63) is 28.2 Å². The lowest BCUT2D eigenvalue weighted by Crippen LogP contribution is -2.43. The number of hydrogen-bond donors (Lipinski definition) is 0. The average Bonchev–Trinajstić information content (AvgIpc) is 3.08. The Labute approximate surface area is 136 Å². The average molecular weight is 315 g/mol. The van der Waals surface area contributed by atoms with E-state index in [0.717, 1.165) is 37.9 Å². The number of likely N-dealkylation sites (tertiary alicyclic amines) is 1. The number of hydrogen-bond acceptors (Lipinski definition) is 3. The number of aromatic nitrogens is 2. The summed E-state index contributed by atoms with van der Waals surface area (Å²) in [6.45, 7) is 1.40. The number of amides is 1. The largest absolute Gasteiger partial charge is 0.338 e. The molecule has 1 amide bonds. The Morgan fingerprint density at radius 3 is 2.61 bits per heavy atom. The summed E-state index contributed by atoms with van der Waals surface area (Å²) in [5.41, 5.74) is 0.992. The van der Waals surface area contributed by atoms with Crippen LogP contribution in [0.25, 0.3) is 0 Å². The molecule has 4 rings (SSSR count). The maximum Gasteiger partial charge on any atom is 0.266 e. The molecule has 0 bridgehead atoms. The van der Waals surface area contributed by atoms with Crippen molar-refractivity contribution in [1.82, 2.24) is 14.7 Å². The van der Waals surface area contributed by atoms with Crippen LogP contribution in [0.5, 0.6) is 0 Å². The number of nitrogens with zero attached hydrogens (tertiary/aromatic N) is 3. The van der Waals surface area contributed by atoms with Crippen LogP contribution in [0, 0.1) is 5.92 Å². The van der Waals surface area contributed by atoms with E-state index in [1.807, 2.05) is 11.0 Å². The maximum absolute atomic E-state index is 12.7. The van der Waals surface area contributed by atoms with Gasteiger partial charge in [-0.05, 0) is 44.6 Å². The molecule has 1 saturated heterocycles. The molecule has 2 saturated carbocycles. The molecule has 0 radical (unpaired) electrons. The van der Waals surface area contributed by atoms with Gasteiger partial charge in [0.2, 0.25) is 5.91 Å². The lowest BCUT2D eigenvalue weighted by atomic mass is 10.1. The van der Waals surface area contributed by atoms with Gasteiger partial charge in [0, 0.05) is 24.4 Å². The van der Waals surface area contributed by atoms with Crippen molar-refractivity contribution in [2.75, 3.05) is 6.54 Å². The summed E-state index contributed by atoms with van der Waals surface area (Å²) >= 11 is 0. The fourth-order valence-electron chi connectivity index (χ4n) is 4.11. The van der Waals surface area contributed by atoms with Gasteiger partial charge in [0.05, 0.1) is 18.3 Å². The first-order valence-corrected chi connectivity index (χ1v) is 9.11. The van der Waals surface area contributed by atoms with Crippen LogP contribution in [0.2, 0.25) is 0 Å². The molecule has 1 aromatic heterocycles. The van der Waals surface area contributed by atoms with Crippen LogP contribution in [-0.2, 0) is 11.3 Å². The van der Waals surface area contributed by atoms with Crippen molar-refractivity contribution in [1.29, 1.82) is 0 Å². The van der Waals surface area contributed by atoms with Crippen molar-refractivity contribution in [3.63, 3.8) is 0 Å². The van der Waals surface area contributed by atoms with Gasteiger partial charge in [-0.2, -0.15) is 5.10 Å². The van der Waals surface area contributed by atoms with E-state index >= 15 is 0 Å². The lowest BCUT2D eigenvalue weighted by Gasteiger charge is -2.27.